The summed E-state index contributed by atoms with van der Waals surface area (Å²) in [5.41, 5.74) is 13.5. The van der Waals surface area contributed by atoms with E-state index >= 15 is 0 Å². The quantitative estimate of drug-likeness (QED) is 0.815. The number of benzene rings is 1. The van der Waals surface area contributed by atoms with Gasteiger partial charge in [-0.15, -0.1) is 0 Å². The molecule has 0 saturated carbocycles. The molecule has 1 heterocycles. The average Bonchev–Trinajstić information content (AvgIpc) is 2.85. The molecule has 2 aromatic rings. The highest BCUT2D eigenvalue weighted by Gasteiger charge is 2.14. The molecule has 1 aliphatic carbocycles. The number of rotatable bonds is 2. The zero-order valence-electron chi connectivity index (χ0n) is 10.7. The molecule has 0 atom stereocenters. The fraction of sp³-hybridized carbons (Fsp3) is 0.312. The fourth-order valence-electron chi connectivity index (χ4n) is 2.73. The molecule has 0 bridgehead atoms. The van der Waals surface area contributed by atoms with Crippen molar-refractivity contribution in [1.82, 2.24) is 4.98 Å². The molecule has 0 fully saturated rings. The van der Waals surface area contributed by atoms with Crippen LogP contribution in [0.15, 0.2) is 30.5 Å². The summed E-state index contributed by atoms with van der Waals surface area (Å²) in [6.45, 7) is 2.12. The van der Waals surface area contributed by atoms with E-state index in [0.717, 1.165) is 23.4 Å². The van der Waals surface area contributed by atoms with E-state index in [9.17, 15) is 0 Å². The monoisotopic (exact) mass is 238 g/mol. The molecule has 0 amide bonds. The Morgan fingerprint density at radius 2 is 1.94 bits per heavy atom. The van der Waals surface area contributed by atoms with E-state index in [1.54, 1.807) is 0 Å². The average molecular weight is 238 g/mol. The van der Waals surface area contributed by atoms with Crippen molar-refractivity contribution in [3.05, 3.63) is 47.3 Å². The van der Waals surface area contributed by atoms with Gasteiger partial charge >= 0.3 is 0 Å². The number of aromatic nitrogens is 1. The van der Waals surface area contributed by atoms with Gasteiger partial charge in [0.2, 0.25) is 0 Å². The van der Waals surface area contributed by atoms with Gasteiger partial charge in [-0.1, -0.05) is 6.92 Å². The molecular weight excluding hydrogens is 220 g/mol. The maximum atomic E-state index is 6.20. The van der Waals surface area contributed by atoms with Crippen LogP contribution in [0, 0.1) is 0 Å². The normalized spacial score (nSPS) is 13.6. The lowest BCUT2D eigenvalue weighted by atomic mass is 9.98. The molecule has 0 saturated heterocycles. The molecule has 0 spiro atoms. The summed E-state index contributed by atoms with van der Waals surface area (Å²) < 4.78 is 0. The zero-order chi connectivity index (χ0) is 12.5. The molecule has 3 rings (SSSR count). The highest BCUT2D eigenvalue weighted by molar-refractivity contribution is 5.78. The maximum absolute atomic E-state index is 6.20. The van der Waals surface area contributed by atoms with Gasteiger partial charge in [0.05, 0.1) is 0 Å². The van der Waals surface area contributed by atoms with Gasteiger partial charge in [0, 0.05) is 23.1 Å². The summed E-state index contributed by atoms with van der Waals surface area (Å²) in [5.74, 6) is 0. The number of aryl methyl sites for hydroxylation is 3. The summed E-state index contributed by atoms with van der Waals surface area (Å²) in [4.78, 5) is 4.34. The Morgan fingerprint density at radius 3 is 2.72 bits per heavy atom. The van der Waals surface area contributed by atoms with E-state index in [2.05, 4.69) is 30.1 Å². The van der Waals surface area contributed by atoms with Crippen LogP contribution in [0.25, 0.3) is 11.1 Å². The smallest absolute Gasteiger partial charge is 0.0407 e. The van der Waals surface area contributed by atoms with Crippen LogP contribution >= 0.6 is 0 Å². The van der Waals surface area contributed by atoms with Gasteiger partial charge in [-0.25, -0.2) is 0 Å². The number of nitrogen functional groups attached to an aromatic ring is 1. The van der Waals surface area contributed by atoms with Crippen molar-refractivity contribution in [1.29, 1.82) is 0 Å². The lowest BCUT2D eigenvalue weighted by Gasteiger charge is -2.10. The van der Waals surface area contributed by atoms with Crippen LogP contribution in [0.2, 0.25) is 0 Å². The largest absolute Gasteiger partial charge is 0.398 e. The van der Waals surface area contributed by atoms with Crippen LogP contribution in [-0.2, 0) is 19.3 Å². The van der Waals surface area contributed by atoms with E-state index in [1.165, 1.54) is 36.0 Å². The molecule has 0 aliphatic heterocycles. The Hall–Kier alpha value is -1.83. The fourth-order valence-corrected chi connectivity index (χ4v) is 2.73. The number of fused-ring (bicyclic) bond motifs is 1. The van der Waals surface area contributed by atoms with E-state index < -0.39 is 0 Å². The molecule has 2 heteroatoms. The lowest BCUT2D eigenvalue weighted by Crippen LogP contribution is -1.95. The van der Waals surface area contributed by atoms with E-state index in [0.29, 0.717) is 0 Å². The van der Waals surface area contributed by atoms with Crippen molar-refractivity contribution in [3.8, 4) is 11.1 Å². The standard InChI is InChI=1S/C16H18N2/c1-2-14-8-13(6-7-18-14)15-9-11-4-3-5-12(11)10-16(15)17/h6-10H,2-5,17H2,1H3. The van der Waals surface area contributed by atoms with Crippen molar-refractivity contribution in [2.45, 2.75) is 32.6 Å². The van der Waals surface area contributed by atoms with Crippen LogP contribution < -0.4 is 5.73 Å². The first-order chi connectivity index (χ1) is 8.78. The number of anilines is 1. The predicted octanol–water partition coefficient (Wildman–Crippen LogP) is 3.38. The Balaban J connectivity index is 2.10. The van der Waals surface area contributed by atoms with Crippen molar-refractivity contribution in [2.75, 3.05) is 5.73 Å². The molecular formula is C16H18N2. The third-order valence-corrected chi connectivity index (χ3v) is 3.75. The molecule has 1 aromatic carbocycles. The summed E-state index contributed by atoms with van der Waals surface area (Å²) in [6, 6.07) is 8.62. The predicted molar refractivity (Wildman–Crippen MR) is 75.5 cm³/mol. The van der Waals surface area contributed by atoms with Gasteiger partial charge in [0.15, 0.2) is 0 Å². The summed E-state index contributed by atoms with van der Waals surface area (Å²) in [5, 5.41) is 0. The molecule has 92 valence electrons. The van der Waals surface area contributed by atoms with Gasteiger partial charge in [0.25, 0.3) is 0 Å². The summed E-state index contributed by atoms with van der Waals surface area (Å²) >= 11 is 0. The van der Waals surface area contributed by atoms with E-state index in [-0.39, 0.29) is 0 Å². The van der Waals surface area contributed by atoms with Crippen LogP contribution in [0.4, 0.5) is 5.69 Å². The Bertz CT molecular complexity index is 588. The molecule has 1 aromatic heterocycles. The van der Waals surface area contributed by atoms with Crippen LogP contribution in [0.3, 0.4) is 0 Å². The summed E-state index contributed by atoms with van der Waals surface area (Å²) in [7, 11) is 0. The van der Waals surface area contributed by atoms with E-state index in [4.69, 9.17) is 5.73 Å². The SMILES string of the molecule is CCc1cc(-c2cc3c(cc2N)CCC3)ccn1. The molecule has 0 unspecified atom stereocenters. The lowest BCUT2D eigenvalue weighted by molar-refractivity contribution is 0.912. The second kappa shape index (κ2) is 4.45. The van der Waals surface area contributed by atoms with Gasteiger partial charge in [0.1, 0.15) is 0 Å². The zero-order valence-corrected chi connectivity index (χ0v) is 10.7. The van der Waals surface area contributed by atoms with Crippen molar-refractivity contribution in [3.63, 3.8) is 0 Å². The number of nitrogens with zero attached hydrogens (tertiary/aromatic N) is 1. The van der Waals surface area contributed by atoms with Crippen LogP contribution in [0.1, 0.15) is 30.2 Å². The van der Waals surface area contributed by atoms with E-state index in [1.807, 2.05) is 12.3 Å². The van der Waals surface area contributed by atoms with Crippen molar-refractivity contribution >= 4 is 5.69 Å². The van der Waals surface area contributed by atoms with Crippen molar-refractivity contribution < 1.29 is 0 Å². The van der Waals surface area contributed by atoms with Gasteiger partial charge in [-0.2, -0.15) is 0 Å². The third-order valence-electron chi connectivity index (χ3n) is 3.75. The Labute approximate surface area is 108 Å². The molecule has 1 aliphatic rings. The number of hydrogen-bond donors (Lipinski definition) is 1. The molecule has 18 heavy (non-hydrogen) atoms. The number of hydrogen-bond acceptors (Lipinski definition) is 2. The third kappa shape index (κ3) is 1.88. The first-order valence-electron chi connectivity index (χ1n) is 6.64. The molecule has 0 radical (unpaired) electrons. The summed E-state index contributed by atoms with van der Waals surface area (Å²) in [6.07, 6.45) is 6.46. The molecule has 2 N–H and O–H groups in total. The minimum Gasteiger partial charge on any atom is -0.398 e. The number of pyridine rings is 1. The highest BCUT2D eigenvalue weighted by Crippen LogP contribution is 2.33. The first-order valence-corrected chi connectivity index (χ1v) is 6.64. The van der Waals surface area contributed by atoms with Crippen LogP contribution in [-0.4, -0.2) is 4.98 Å². The Morgan fingerprint density at radius 1 is 1.17 bits per heavy atom. The maximum Gasteiger partial charge on any atom is 0.0407 e. The second-order valence-electron chi connectivity index (χ2n) is 4.95. The highest BCUT2D eigenvalue weighted by atomic mass is 14.7. The van der Waals surface area contributed by atoms with Gasteiger partial charge < -0.3 is 5.73 Å². The minimum atomic E-state index is 0.893. The number of nitrogens with two attached hydrogens (primary N) is 1. The van der Waals surface area contributed by atoms with Gasteiger partial charge in [-0.05, 0) is 66.6 Å². The topological polar surface area (TPSA) is 38.9 Å². The second-order valence-corrected chi connectivity index (χ2v) is 4.95. The minimum absolute atomic E-state index is 0.893. The first kappa shape index (κ1) is 11.3. The Kier molecular flexibility index (Phi) is 2.78. The van der Waals surface area contributed by atoms with Crippen LogP contribution in [0.5, 0.6) is 0 Å². The van der Waals surface area contributed by atoms with Crippen molar-refractivity contribution in [2.24, 2.45) is 0 Å². The van der Waals surface area contributed by atoms with Gasteiger partial charge in [-0.3, -0.25) is 4.98 Å². The molecule has 2 nitrogen and oxygen atoms in total.